The summed E-state index contributed by atoms with van der Waals surface area (Å²) in [4.78, 5) is 4.66. The number of aliphatic imine (C=N–C) groups is 1. The SMILES string of the molecule is CCNC(=NCc1ccc(C)cc1OCC1CCOC1)NCCOC.I. The predicted octanol–water partition coefficient (Wildman–Crippen LogP) is 2.73. The highest BCUT2D eigenvalue weighted by Crippen LogP contribution is 2.23. The molecular weight excluding hydrogens is 445 g/mol. The summed E-state index contributed by atoms with van der Waals surface area (Å²) in [5, 5.41) is 6.50. The second-order valence-electron chi connectivity index (χ2n) is 6.27. The lowest BCUT2D eigenvalue weighted by Gasteiger charge is -2.15. The summed E-state index contributed by atoms with van der Waals surface area (Å²) in [6.45, 7) is 9.23. The van der Waals surface area contributed by atoms with Crippen molar-refractivity contribution in [2.45, 2.75) is 26.8 Å². The lowest BCUT2D eigenvalue weighted by molar-refractivity contribution is 0.166. The first-order chi connectivity index (χ1) is 12.2. The zero-order chi connectivity index (χ0) is 17.9. The van der Waals surface area contributed by atoms with Gasteiger partial charge in [0.25, 0.3) is 0 Å². The number of hydrogen-bond donors (Lipinski definition) is 2. The number of rotatable bonds is 9. The van der Waals surface area contributed by atoms with Crippen LogP contribution in [0, 0.1) is 12.8 Å². The molecule has 26 heavy (non-hydrogen) atoms. The molecule has 1 fully saturated rings. The van der Waals surface area contributed by atoms with Crippen LogP contribution in [0.3, 0.4) is 0 Å². The third-order valence-corrected chi connectivity index (χ3v) is 4.07. The fourth-order valence-corrected chi connectivity index (χ4v) is 2.63. The van der Waals surface area contributed by atoms with Gasteiger partial charge in [-0.15, -0.1) is 24.0 Å². The van der Waals surface area contributed by atoms with Gasteiger partial charge in [-0.3, -0.25) is 0 Å². The van der Waals surface area contributed by atoms with Gasteiger partial charge in [0.1, 0.15) is 5.75 Å². The van der Waals surface area contributed by atoms with Gasteiger partial charge in [-0.2, -0.15) is 0 Å². The number of guanidine groups is 1. The molecule has 2 N–H and O–H groups in total. The molecule has 0 bridgehead atoms. The number of benzene rings is 1. The third kappa shape index (κ3) is 8.09. The number of nitrogens with zero attached hydrogens (tertiary/aromatic N) is 1. The number of halogens is 1. The molecule has 2 rings (SSSR count). The van der Waals surface area contributed by atoms with Gasteiger partial charge in [-0.25, -0.2) is 4.99 Å². The van der Waals surface area contributed by atoms with E-state index in [0.29, 0.717) is 25.7 Å². The van der Waals surface area contributed by atoms with Crippen LogP contribution < -0.4 is 15.4 Å². The van der Waals surface area contributed by atoms with E-state index in [1.54, 1.807) is 7.11 Å². The summed E-state index contributed by atoms with van der Waals surface area (Å²) in [6.07, 6.45) is 1.08. The quantitative estimate of drug-likeness (QED) is 0.248. The monoisotopic (exact) mass is 477 g/mol. The molecule has 1 heterocycles. The Labute approximate surface area is 174 Å². The zero-order valence-electron chi connectivity index (χ0n) is 16.0. The highest BCUT2D eigenvalue weighted by Gasteiger charge is 2.17. The van der Waals surface area contributed by atoms with Crippen molar-refractivity contribution in [2.75, 3.05) is 46.6 Å². The van der Waals surface area contributed by atoms with Crippen molar-refractivity contribution in [3.8, 4) is 5.75 Å². The van der Waals surface area contributed by atoms with E-state index >= 15 is 0 Å². The van der Waals surface area contributed by atoms with Crippen LogP contribution in [0.25, 0.3) is 0 Å². The average molecular weight is 477 g/mol. The van der Waals surface area contributed by atoms with Crippen LogP contribution >= 0.6 is 24.0 Å². The first-order valence-corrected chi connectivity index (χ1v) is 9.04. The molecule has 1 unspecified atom stereocenters. The summed E-state index contributed by atoms with van der Waals surface area (Å²) in [6, 6.07) is 6.28. The van der Waals surface area contributed by atoms with Gasteiger partial charge in [-0.05, 0) is 31.9 Å². The molecule has 1 saturated heterocycles. The van der Waals surface area contributed by atoms with Gasteiger partial charge >= 0.3 is 0 Å². The summed E-state index contributed by atoms with van der Waals surface area (Å²) in [5.41, 5.74) is 2.28. The van der Waals surface area contributed by atoms with Gasteiger partial charge < -0.3 is 24.8 Å². The van der Waals surface area contributed by atoms with E-state index in [2.05, 4.69) is 47.7 Å². The molecule has 1 aliphatic rings. The van der Waals surface area contributed by atoms with Crippen LogP contribution in [0.15, 0.2) is 23.2 Å². The molecule has 1 aromatic carbocycles. The Hall–Kier alpha value is -1.06. The number of nitrogens with one attached hydrogen (secondary N) is 2. The first kappa shape index (κ1) is 23.0. The van der Waals surface area contributed by atoms with Crippen LogP contribution in [0.4, 0.5) is 0 Å². The zero-order valence-corrected chi connectivity index (χ0v) is 18.4. The van der Waals surface area contributed by atoms with E-state index in [-0.39, 0.29) is 24.0 Å². The van der Waals surface area contributed by atoms with E-state index in [0.717, 1.165) is 50.0 Å². The van der Waals surface area contributed by atoms with E-state index in [1.807, 2.05) is 0 Å². The van der Waals surface area contributed by atoms with E-state index < -0.39 is 0 Å². The Morgan fingerprint density at radius 2 is 2.19 bits per heavy atom. The molecule has 0 aromatic heterocycles. The highest BCUT2D eigenvalue weighted by molar-refractivity contribution is 14.0. The van der Waals surface area contributed by atoms with Crippen molar-refractivity contribution in [1.29, 1.82) is 0 Å². The molecular formula is C19H32IN3O3. The van der Waals surface area contributed by atoms with Crippen molar-refractivity contribution >= 4 is 29.9 Å². The summed E-state index contributed by atoms with van der Waals surface area (Å²) in [5.74, 6) is 2.20. The number of aryl methyl sites for hydroxylation is 1. The van der Waals surface area contributed by atoms with Gasteiger partial charge in [0.15, 0.2) is 5.96 Å². The van der Waals surface area contributed by atoms with Crippen LogP contribution in [0.2, 0.25) is 0 Å². The average Bonchev–Trinajstić information content (AvgIpc) is 3.12. The van der Waals surface area contributed by atoms with Gasteiger partial charge in [0.05, 0.1) is 26.4 Å². The lowest BCUT2D eigenvalue weighted by atomic mass is 10.1. The minimum absolute atomic E-state index is 0. The maximum Gasteiger partial charge on any atom is 0.191 e. The van der Waals surface area contributed by atoms with Crippen molar-refractivity contribution in [3.05, 3.63) is 29.3 Å². The van der Waals surface area contributed by atoms with E-state index in [1.165, 1.54) is 5.56 Å². The largest absolute Gasteiger partial charge is 0.493 e. The van der Waals surface area contributed by atoms with E-state index in [9.17, 15) is 0 Å². The number of methoxy groups -OCH3 is 1. The number of ether oxygens (including phenoxy) is 3. The molecule has 1 aromatic rings. The molecule has 148 valence electrons. The maximum atomic E-state index is 6.08. The van der Waals surface area contributed by atoms with E-state index in [4.69, 9.17) is 14.2 Å². The normalized spacial score (nSPS) is 16.9. The fraction of sp³-hybridized carbons (Fsp3) is 0.632. The molecule has 0 spiro atoms. The molecule has 1 aliphatic heterocycles. The Bertz CT molecular complexity index is 549. The van der Waals surface area contributed by atoms with Crippen LogP contribution in [0.5, 0.6) is 5.75 Å². The molecule has 0 amide bonds. The minimum atomic E-state index is 0. The van der Waals surface area contributed by atoms with Gasteiger partial charge in [-0.1, -0.05) is 12.1 Å². The molecule has 0 saturated carbocycles. The predicted molar refractivity (Wildman–Crippen MR) is 116 cm³/mol. The number of hydrogen-bond acceptors (Lipinski definition) is 4. The Morgan fingerprint density at radius 3 is 2.88 bits per heavy atom. The topological polar surface area (TPSA) is 64.1 Å². The molecule has 0 radical (unpaired) electrons. The summed E-state index contributed by atoms with van der Waals surface area (Å²) in [7, 11) is 1.69. The Morgan fingerprint density at radius 1 is 1.35 bits per heavy atom. The second kappa shape index (κ2) is 13.2. The van der Waals surface area contributed by atoms with Crippen molar-refractivity contribution in [2.24, 2.45) is 10.9 Å². The molecule has 6 nitrogen and oxygen atoms in total. The van der Waals surface area contributed by atoms with Crippen LogP contribution in [0.1, 0.15) is 24.5 Å². The van der Waals surface area contributed by atoms with Gasteiger partial charge in [0.2, 0.25) is 0 Å². The summed E-state index contributed by atoms with van der Waals surface area (Å²) >= 11 is 0. The van der Waals surface area contributed by atoms with Crippen LogP contribution in [-0.2, 0) is 16.0 Å². The lowest BCUT2D eigenvalue weighted by Crippen LogP contribution is -2.38. The summed E-state index contributed by atoms with van der Waals surface area (Å²) < 4.78 is 16.6. The first-order valence-electron chi connectivity index (χ1n) is 9.04. The van der Waals surface area contributed by atoms with Crippen molar-refractivity contribution in [1.82, 2.24) is 10.6 Å². The third-order valence-electron chi connectivity index (χ3n) is 4.07. The van der Waals surface area contributed by atoms with Gasteiger partial charge in [0, 0.05) is 38.3 Å². The van der Waals surface area contributed by atoms with Crippen molar-refractivity contribution < 1.29 is 14.2 Å². The van der Waals surface area contributed by atoms with Crippen LogP contribution in [-0.4, -0.2) is 52.6 Å². The standard InChI is InChI=1S/C19H31N3O3.HI/c1-4-20-19(21-8-10-23-3)22-12-17-6-5-15(2)11-18(17)25-14-16-7-9-24-13-16;/h5-6,11,16H,4,7-10,12-14H2,1-3H3,(H2,20,21,22);1H. The smallest absolute Gasteiger partial charge is 0.191 e. The minimum Gasteiger partial charge on any atom is -0.493 e. The fourth-order valence-electron chi connectivity index (χ4n) is 2.63. The highest BCUT2D eigenvalue weighted by atomic mass is 127. The maximum absolute atomic E-state index is 6.08. The molecule has 0 aliphatic carbocycles. The Kier molecular flexibility index (Phi) is 11.6. The molecule has 1 atom stereocenters. The Balaban J connectivity index is 0.00000338. The molecule has 7 heteroatoms. The second-order valence-corrected chi connectivity index (χ2v) is 6.27. The van der Waals surface area contributed by atoms with Crippen molar-refractivity contribution in [3.63, 3.8) is 0 Å².